The van der Waals surface area contributed by atoms with Crippen LogP contribution in [0.5, 0.6) is 0 Å². The molecular weight excluding hydrogens is 1140 g/mol. The number of hydrogen-bond donors (Lipinski definition) is 0. The molecule has 87 heavy (non-hydrogen) atoms. The minimum absolute atomic E-state index is 0.0198. The summed E-state index contributed by atoms with van der Waals surface area (Å²) in [6.07, 6.45) is 0. The molecule has 0 N–H and O–H groups in total. The number of fused-ring (bicyclic) bond motifs is 2. The molecule has 0 bridgehead atoms. The van der Waals surface area contributed by atoms with E-state index in [0.29, 0.717) is 11.1 Å². The Hall–Kier alpha value is -8.85. The zero-order valence-corrected chi connectivity index (χ0v) is 51.0. The molecule has 2 aliphatic rings. The fraction of sp³-hybridized carbons (Fsp3) is 0.120. The predicted octanol–water partition coefficient (Wildman–Crippen LogP) is 16.4. The highest BCUT2D eigenvalue weighted by Crippen LogP contribution is 2.53. The summed E-state index contributed by atoms with van der Waals surface area (Å²) < 4.78 is 98.6. The normalized spacial score (nSPS) is 13.7. The number of nitrogens with zero attached hydrogens (tertiary/aromatic N) is 3. The van der Waals surface area contributed by atoms with E-state index in [-0.39, 0.29) is 54.0 Å². The predicted molar refractivity (Wildman–Crippen MR) is 348 cm³/mol. The van der Waals surface area contributed by atoms with Crippen molar-refractivity contribution in [1.29, 1.82) is 0 Å². The number of benzene rings is 11. The highest BCUT2D eigenvalue weighted by atomic mass is 32.2. The molecule has 2 heterocycles. The summed E-state index contributed by atoms with van der Waals surface area (Å²) in [6, 6.07) is 80.8. The summed E-state index contributed by atoms with van der Waals surface area (Å²) in [4.78, 5) is 0.467. The zero-order valence-electron chi connectivity index (χ0n) is 48.5. The Morgan fingerprint density at radius 3 is 0.793 bits per heavy atom. The second kappa shape index (κ2) is 23.4. The smallest absolute Gasteiger partial charge is 0.207 e. The highest BCUT2D eigenvalue weighted by molar-refractivity contribution is 7.89. The van der Waals surface area contributed by atoms with Gasteiger partial charge < -0.3 is 0 Å². The van der Waals surface area contributed by atoms with E-state index in [0.717, 1.165) is 106 Å². The Labute approximate surface area is 511 Å². The van der Waals surface area contributed by atoms with Crippen molar-refractivity contribution in [2.75, 3.05) is 0 Å². The first-order valence-corrected chi connectivity index (χ1v) is 33.4. The van der Waals surface area contributed by atoms with Crippen molar-refractivity contribution >= 4 is 30.1 Å². The minimum atomic E-state index is -4.52. The van der Waals surface area contributed by atoms with E-state index in [1.807, 2.05) is 239 Å². The van der Waals surface area contributed by atoms with Crippen molar-refractivity contribution in [3.05, 3.63) is 305 Å². The number of hydrogen-bond acceptors (Lipinski definition) is 6. The Balaban J connectivity index is 1.13. The van der Waals surface area contributed by atoms with Gasteiger partial charge in [-0.1, -0.05) is 235 Å². The molecule has 0 spiro atoms. The summed E-state index contributed by atoms with van der Waals surface area (Å²) in [6.45, 7) is 5.60. The molecule has 432 valence electrons. The summed E-state index contributed by atoms with van der Waals surface area (Å²) in [5.41, 5.74) is 17.0. The Morgan fingerprint density at radius 2 is 0.517 bits per heavy atom. The molecule has 0 radical (unpaired) electrons. The molecule has 12 heteroatoms. The largest absolute Gasteiger partial charge is 0.243 e. The van der Waals surface area contributed by atoms with E-state index in [4.69, 9.17) is 0 Å². The van der Waals surface area contributed by atoms with Gasteiger partial charge in [0.2, 0.25) is 30.1 Å². The maximum atomic E-state index is 16.7. The third-order valence-corrected chi connectivity index (χ3v) is 22.4. The molecule has 13 rings (SSSR count). The monoisotopic (exact) mass is 1200 g/mol. The molecule has 0 unspecified atom stereocenters. The Morgan fingerprint density at radius 1 is 0.287 bits per heavy atom. The second-order valence-electron chi connectivity index (χ2n) is 22.6. The van der Waals surface area contributed by atoms with Gasteiger partial charge >= 0.3 is 0 Å². The van der Waals surface area contributed by atoms with E-state index in [9.17, 15) is 0 Å². The zero-order chi connectivity index (χ0) is 60.0. The van der Waals surface area contributed by atoms with Gasteiger partial charge in [-0.15, -0.1) is 0 Å². The van der Waals surface area contributed by atoms with E-state index in [1.54, 1.807) is 49.3 Å². The number of aryl methyl sites for hydroxylation is 3. The minimum Gasteiger partial charge on any atom is -0.207 e. The first-order valence-electron chi connectivity index (χ1n) is 29.1. The van der Waals surface area contributed by atoms with Gasteiger partial charge in [-0.05, 0) is 157 Å². The van der Waals surface area contributed by atoms with Crippen molar-refractivity contribution in [3.8, 4) is 66.8 Å². The van der Waals surface area contributed by atoms with E-state index in [2.05, 4.69) is 0 Å². The SMILES string of the molecule is Cc1ccc(S(=O)(=O)N2Cc3c(c(-c4ccccc4)c(-c4ccccc4)c(CN(Cc4c(-c5ccccc5)c5c(c(-c6ccccc6)c4-c4ccccc4)CN(S(=O)(=O)c4ccc(C)cc4)C5)S(=O)(=O)c4ccc(C)cc4)c3-c3ccccc3)C2)cc1. The van der Waals surface area contributed by atoms with Crippen LogP contribution in [0.15, 0.2) is 269 Å². The molecule has 0 aliphatic carbocycles. The van der Waals surface area contributed by atoms with Gasteiger partial charge in [-0.2, -0.15) is 12.9 Å². The van der Waals surface area contributed by atoms with Crippen LogP contribution in [0.2, 0.25) is 0 Å². The van der Waals surface area contributed by atoms with Gasteiger partial charge in [0.15, 0.2) is 0 Å². The Kier molecular flexibility index (Phi) is 15.4. The first-order chi connectivity index (χ1) is 42.2. The van der Waals surface area contributed by atoms with Gasteiger partial charge in [-0.25, -0.2) is 25.3 Å². The van der Waals surface area contributed by atoms with Gasteiger partial charge in [0.25, 0.3) is 0 Å². The van der Waals surface area contributed by atoms with Crippen LogP contribution in [0.3, 0.4) is 0 Å². The number of sulfonamides is 3. The van der Waals surface area contributed by atoms with Crippen molar-refractivity contribution in [2.24, 2.45) is 0 Å². The van der Waals surface area contributed by atoms with E-state index in [1.165, 1.54) is 0 Å². The first kappa shape index (κ1) is 57.2. The standard InChI is InChI=1S/C75H63N3O6S3/c1-52-34-40-61(41-35-52)85(79,80)76-46-64-66(48-76)72(57-26-14-6-15-27-57)74(59-30-18-8-19-31-59)68(70(64)55-22-10-4-11-23-55)50-78(87(83,84)63-44-38-54(3)39-45-63)51-69-71(56-24-12-5-13-25-56)65-47-77(86(81,82)62-42-36-53(2)37-43-62)49-67(65)73(58-28-16-7-17-29-58)75(69)60-32-20-9-21-33-60/h4-45H,46-51H2,1-3H3. The van der Waals surface area contributed by atoms with Crippen LogP contribution in [-0.2, 0) is 69.3 Å². The van der Waals surface area contributed by atoms with Crippen LogP contribution >= 0.6 is 0 Å². The average Bonchev–Trinajstić information content (AvgIpc) is 1.79. The molecule has 0 amide bonds. The van der Waals surface area contributed by atoms with Crippen LogP contribution in [0.25, 0.3) is 66.8 Å². The summed E-state index contributed by atoms with van der Waals surface area (Å²) in [5.74, 6) is 0. The highest BCUT2D eigenvalue weighted by Gasteiger charge is 2.41. The van der Waals surface area contributed by atoms with Gasteiger partial charge in [0.1, 0.15) is 0 Å². The lowest BCUT2D eigenvalue weighted by Crippen LogP contribution is -2.32. The van der Waals surface area contributed by atoms with Gasteiger partial charge in [0, 0.05) is 39.3 Å². The van der Waals surface area contributed by atoms with Gasteiger partial charge in [-0.3, -0.25) is 0 Å². The third-order valence-electron chi connectivity index (χ3n) is 17.0. The number of rotatable bonds is 16. The summed E-state index contributed by atoms with van der Waals surface area (Å²) in [5, 5.41) is 0. The molecule has 0 saturated heterocycles. The van der Waals surface area contributed by atoms with Crippen molar-refractivity contribution in [2.45, 2.75) is 74.7 Å². The van der Waals surface area contributed by atoms with E-state index >= 15 is 25.3 Å². The lowest BCUT2D eigenvalue weighted by atomic mass is 9.79. The van der Waals surface area contributed by atoms with Crippen LogP contribution in [-0.4, -0.2) is 38.2 Å². The molecule has 2 aliphatic heterocycles. The molecule has 11 aromatic rings. The maximum absolute atomic E-state index is 16.7. The lowest BCUT2D eigenvalue weighted by molar-refractivity contribution is 0.402. The molecule has 0 aromatic heterocycles. The van der Waals surface area contributed by atoms with Crippen LogP contribution in [0.4, 0.5) is 0 Å². The molecular formula is C75H63N3O6S3. The van der Waals surface area contributed by atoms with E-state index < -0.39 is 30.1 Å². The third kappa shape index (κ3) is 10.8. The molecule has 11 aromatic carbocycles. The summed E-state index contributed by atoms with van der Waals surface area (Å²) >= 11 is 0. The second-order valence-corrected chi connectivity index (χ2v) is 28.4. The Bertz CT molecular complexity index is 4440. The maximum Gasteiger partial charge on any atom is 0.243 e. The van der Waals surface area contributed by atoms with Crippen molar-refractivity contribution in [3.63, 3.8) is 0 Å². The van der Waals surface area contributed by atoms with Crippen LogP contribution in [0.1, 0.15) is 50.1 Å². The van der Waals surface area contributed by atoms with Crippen LogP contribution in [0, 0.1) is 20.8 Å². The molecule has 9 nitrogen and oxygen atoms in total. The lowest BCUT2D eigenvalue weighted by Gasteiger charge is -2.31. The van der Waals surface area contributed by atoms with Gasteiger partial charge in [0.05, 0.1) is 14.7 Å². The summed E-state index contributed by atoms with van der Waals surface area (Å²) in [7, 11) is -12.7. The fourth-order valence-corrected chi connectivity index (χ4v) is 16.9. The molecule has 0 saturated carbocycles. The topological polar surface area (TPSA) is 112 Å². The quantitative estimate of drug-likeness (QED) is 0.0952. The van der Waals surface area contributed by atoms with Crippen LogP contribution < -0.4 is 0 Å². The van der Waals surface area contributed by atoms with Crippen molar-refractivity contribution in [1.82, 2.24) is 12.9 Å². The van der Waals surface area contributed by atoms with Crippen molar-refractivity contribution < 1.29 is 25.3 Å². The fourth-order valence-electron chi connectivity index (χ4n) is 12.7. The molecule has 0 atom stereocenters. The average molecular weight is 1200 g/mol. The molecule has 0 fully saturated rings.